The fourth-order valence-corrected chi connectivity index (χ4v) is 4.77. The van der Waals surface area contributed by atoms with E-state index in [2.05, 4.69) is 5.32 Å². The molecule has 0 saturated carbocycles. The molecule has 0 aliphatic carbocycles. The van der Waals surface area contributed by atoms with Gasteiger partial charge in [0.05, 0.1) is 29.1 Å². The van der Waals surface area contributed by atoms with E-state index in [4.69, 9.17) is 4.74 Å². The highest BCUT2D eigenvalue weighted by Crippen LogP contribution is 2.34. The van der Waals surface area contributed by atoms with Crippen LogP contribution in [0.25, 0.3) is 0 Å². The number of benzene rings is 2. The van der Waals surface area contributed by atoms with Crippen molar-refractivity contribution in [2.24, 2.45) is 5.92 Å². The van der Waals surface area contributed by atoms with Gasteiger partial charge >= 0.3 is 0 Å². The second kappa shape index (κ2) is 8.89. The number of nitro groups is 1. The zero-order chi connectivity index (χ0) is 21.0. The molecule has 1 fully saturated rings. The van der Waals surface area contributed by atoms with Gasteiger partial charge in [-0.15, -0.1) is 0 Å². The van der Waals surface area contributed by atoms with Crippen molar-refractivity contribution in [3.05, 3.63) is 64.2 Å². The smallest absolute Gasteiger partial charge is 0.293 e. The van der Waals surface area contributed by atoms with Gasteiger partial charge in [0.1, 0.15) is 5.69 Å². The van der Waals surface area contributed by atoms with Gasteiger partial charge in [0, 0.05) is 19.2 Å². The minimum atomic E-state index is -3.81. The molecule has 1 unspecified atom stereocenters. The molecule has 0 spiro atoms. The summed E-state index contributed by atoms with van der Waals surface area (Å²) in [6.45, 7) is 5.14. The van der Waals surface area contributed by atoms with Gasteiger partial charge in [-0.05, 0) is 23.6 Å². The second-order valence-corrected chi connectivity index (χ2v) is 9.17. The molecule has 8 nitrogen and oxygen atoms in total. The quantitative estimate of drug-likeness (QED) is 0.545. The Labute approximate surface area is 170 Å². The number of rotatable bonds is 7. The number of sulfonamides is 1. The third-order valence-electron chi connectivity index (χ3n) is 4.91. The van der Waals surface area contributed by atoms with Gasteiger partial charge in [-0.2, -0.15) is 4.31 Å². The molecule has 156 valence electrons. The highest BCUT2D eigenvalue weighted by molar-refractivity contribution is 7.89. The summed E-state index contributed by atoms with van der Waals surface area (Å²) in [6.07, 6.45) is 0. The van der Waals surface area contributed by atoms with E-state index in [1.807, 2.05) is 44.2 Å². The highest BCUT2D eigenvalue weighted by atomic mass is 32.2. The Bertz CT molecular complexity index is 957. The number of morpholine rings is 1. The van der Waals surface area contributed by atoms with E-state index in [9.17, 15) is 18.5 Å². The molecule has 0 aromatic heterocycles. The fourth-order valence-electron chi connectivity index (χ4n) is 3.34. The molecule has 0 radical (unpaired) electrons. The zero-order valence-electron chi connectivity index (χ0n) is 16.4. The number of nitrogens with one attached hydrogen (secondary N) is 1. The van der Waals surface area contributed by atoms with Crippen molar-refractivity contribution in [2.75, 3.05) is 31.6 Å². The van der Waals surface area contributed by atoms with Gasteiger partial charge in [0.15, 0.2) is 0 Å². The lowest BCUT2D eigenvalue weighted by molar-refractivity contribution is -0.384. The number of hydrogen-bond acceptors (Lipinski definition) is 6. The number of nitro benzene ring substituents is 1. The lowest BCUT2D eigenvalue weighted by Crippen LogP contribution is -2.40. The molecule has 1 saturated heterocycles. The first-order valence-electron chi connectivity index (χ1n) is 9.48. The number of anilines is 1. The van der Waals surface area contributed by atoms with Crippen LogP contribution >= 0.6 is 0 Å². The predicted molar refractivity (Wildman–Crippen MR) is 110 cm³/mol. The lowest BCUT2D eigenvalue weighted by atomic mass is 9.95. The van der Waals surface area contributed by atoms with Crippen LogP contribution in [0, 0.1) is 16.0 Å². The molecule has 2 aromatic rings. The second-order valence-electron chi connectivity index (χ2n) is 7.23. The maximum Gasteiger partial charge on any atom is 0.293 e. The van der Waals surface area contributed by atoms with Crippen LogP contribution in [0.5, 0.6) is 0 Å². The maximum absolute atomic E-state index is 12.9. The Morgan fingerprint density at radius 1 is 1.10 bits per heavy atom. The molecule has 9 heteroatoms. The SMILES string of the molecule is CC(C)C(Nc1ccc(S(=O)(=O)N2CCOCC2)cc1[N+](=O)[O-])c1ccccc1. The van der Waals surface area contributed by atoms with Crippen LogP contribution < -0.4 is 5.32 Å². The Balaban J connectivity index is 1.95. The average molecular weight is 420 g/mol. The predicted octanol–water partition coefficient (Wildman–Crippen LogP) is 3.42. The van der Waals surface area contributed by atoms with Gasteiger partial charge in [-0.25, -0.2) is 8.42 Å². The standard InChI is InChI=1S/C20H25N3O5S/c1-15(2)20(16-6-4-3-5-7-16)21-18-9-8-17(14-19(18)23(24)25)29(26,27)22-10-12-28-13-11-22/h3-9,14-15,20-21H,10-13H2,1-2H3. The van der Waals surface area contributed by atoms with Crippen LogP contribution in [-0.2, 0) is 14.8 Å². The largest absolute Gasteiger partial charge is 0.379 e. The molecule has 0 bridgehead atoms. The summed E-state index contributed by atoms with van der Waals surface area (Å²) in [5.41, 5.74) is 1.03. The van der Waals surface area contributed by atoms with Gasteiger partial charge in [-0.3, -0.25) is 10.1 Å². The lowest BCUT2D eigenvalue weighted by Gasteiger charge is -2.26. The van der Waals surface area contributed by atoms with Gasteiger partial charge in [0.25, 0.3) is 5.69 Å². The third kappa shape index (κ3) is 4.75. The average Bonchev–Trinajstić information content (AvgIpc) is 2.72. The van der Waals surface area contributed by atoms with Crippen LogP contribution in [0.1, 0.15) is 25.5 Å². The van der Waals surface area contributed by atoms with Gasteiger partial charge in [-0.1, -0.05) is 44.2 Å². The summed E-state index contributed by atoms with van der Waals surface area (Å²) >= 11 is 0. The summed E-state index contributed by atoms with van der Waals surface area (Å²) in [6, 6.07) is 13.5. The third-order valence-corrected chi connectivity index (χ3v) is 6.80. The van der Waals surface area contributed by atoms with Crippen molar-refractivity contribution in [3.63, 3.8) is 0 Å². The summed E-state index contributed by atoms with van der Waals surface area (Å²) in [5, 5.41) is 14.9. The fraction of sp³-hybridized carbons (Fsp3) is 0.400. The zero-order valence-corrected chi connectivity index (χ0v) is 17.3. The maximum atomic E-state index is 12.9. The molecule has 1 N–H and O–H groups in total. The molecule has 0 amide bonds. The van der Waals surface area contributed by atoms with E-state index in [1.165, 1.54) is 16.4 Å². The van der Waals surface area contributed by atoms with Crippen LogP contribution in [0.3, 0.4) is 0 Å². The van der Waals surface area contributed by atoms with Gasteiger partial charge < -0.3 is 10.1 Å². The Morgan fingerprint density at radius 2 is 1.76 bits per heavy atom. The van der Waals surface area contributed by atoms with E-state index in [-0.39, 0.29) is 35.6 Å². The molecule has 1 aliphatic rings. The van der Waals surface area contributed by atoms with E-state index in [0.29, 0.717) is 18.9 Å². The van der Waals surface area contributed by atoms with E-state index in [1.54, 1.807) is 0 Å². The van der Waals surface area contributed by atoms with E-state index < -0.39 is 14.9 Å². The van der Waals surface area contributed by atoms with Crippen molar-refractivity contribution in [1.82, 2.24) is 4.31 Å². The number of nitrogens with zero attached hydrogens (tertiary/aromatic N) is 2. The van der Waals surface area contributed by atoms with Crippen molar-refractivity contribution < 1.29 is 18.1 Å². The van der Waals surface area contributed by atoms with Crippen LogP contribution in [0.4, 0.5) is 11.4 Å². The Morgan fingerprint density at radius 3 is 2.34 bits per heavy atom. The van der Waals surface area contributed by atoms with Crippen LogP contribution in [0.2, 0.25) is 0 Å². The van der Waals surface area contributed by atoms with E-state index in [0.717, 1.165) is 11.6 Å². The first kappa shape index (κ1) is 21.2. The van der Waals surface area contributed by atoms with E-state index >= 15 is 0 Å². The highest BCUT2D eigenvalue weighted by Gasteiger charge is 2.29. The summed E-state index contributed by atoms with van der Waals surface area (Å²) in [7, 11) is -3.81. The van der Waals surface area contributed by atoms with Crippen LogP contribution in [-0.4, -0.2) is 43.9 Å². The summed E-state index contributed by atoms with van der Waals surface area (Å²) in [5.74, 6) is 0.161. The molecule has 1 heterocycles. The van der Waals surface area contributed by atoms with Crippen molar-refractivity contribution in [2.45, 2.75) is 24.8 Å². The minimum Gasteiger partial charge on any atom is -0.379 e. The van der Waals surface area contributed by atoms with Crippen LogP contribution in [0.15, 0.2) is 53.4 Å². The molecular formula is C20H25N3O5S. The molecule has 29 heavy (non-hydrogen) atoms. The van der Waals surface area contributed by atoms with Gasteiger partial charge in [0.2, 0.25) is 10.0 Å². The summed E-state index contributed by atoms with van der Waals surface area (Å²) < 4.78 is 32.2. The first-order chi connectivity index (χ1) is 13.8. The number of hydrogen-bond donors (Lipinski definition) is 1. The monoisotopic (exact) mass is 419 g/mol. The molecule has 1 atom stereocenters. The number of ether oxygens (including phenoxy) is 1. The minimum absolute atomic E-state index is 0.0857. The first-order valence-corrected chi connectivity index (χ1v) is 10.9. The molecule has 2 aromatic carbocycles. The van der Waals surface area contributed by atoms with Crippen molar-refractivity contribution >= 4 is 21.4 Å². The van der Waals surface area contributed by atoms with Crippen molar-refractivity contribution in [1.29, 1.82) is 0 Å². The molecule has 3 rings (SSSR count). The molecular weight excluding hydrogens is 394 g/mol. The molecule has 1 aliphatic heterocycles. The summed E-state index contributed by atoms with van der Waals surface area (Å²) in [4.78, 5) is 11.1. The van der Waals surface area contributed by atoms with Crippen molar-refractivity contribution in [3.8, 4) is 0 Å². The topological polar surface area (TPSA) is 102 Å². The Hall–Kier alpha value is -2.49. The Kier molecular flexibility index (Phi) is 6.51. The normalized spacial score (nSPS) is 16.5.